The minimum Gasteiger partial charge on any atom is -0.272 e. The average Bonchev–Trinajstić information content (AvgIpc) is 2.98. The van der Waals surface area contributed by atoms with Crippen LogP contribution in [0, 0.1) is 13.8 Å². The summed E-state index contributed by atoms with van der Waals surface area (Å²) in [7, 11) is -1.28. The number of nitrogens with zero attached hydrogens (tertiary/aromatic N) is 2. The lowest BCUT2D eigenvalue weighted by molar-refractivity contribution is 0.547. The summed E-state index contributed by atoms with van der Waals surface area (Å²) < 4.78 is 28.9. The van der Waals surface area contributed by atoms with E-state index >= 15 is 0 Å². The quantitative estimate of drug-likeness (QED) is 0.924. The van der Waals surface area contributed by atoms with Crippen LogP contribution < -0.4 is 4.72 Å². The van der Waals surface area contributed by atoms with Crippen molar-refractivity contribution in [1.82, 2.24) is 14.5 Å². The monoisotopic (exact) mass is 347 g/mol. The maximum Gasteiger partial charge on any atom is 0.214 e. The molecule has 0 saturated carbocycles. The van der Waals surface area contributed by atoms with E-state index in [2.05, 4.69) is 34.9 Å². The van der Waals surface area contributed by atoms with Crippen molar-refractivity contribution < 1.29 is 8.42 Å². The van der Waals surface area contributed by atoms with Gasteiger partial charge in [0.25, 0.3) is 0 Å². The first-order valence-corrected chi connectivity index (χ1v) is 9.87. The zero-order valence-electron chi connectivity index (χ0n) is 14.9. The molecule has 0 bridgehead atoms. The van der Waals surface area contributed by atoms with E-state index in [1.165, 1.54) is 16.7 Å². The van der Waals surface area contributed by atoms with Crippen LogP contribution in [0.25, 0.3) is 11.1 Å². The molecule has 6 heteroatoms. The predicted octanol–water partition coefficient (Wildman–Crippen LogP) is 2.50. The molecule has 5 nitrogen and oxygen atoms in total. The summed E-state index contributed by atoms with van der Waals surface area (Å²) in [6.07, 6.45) is 1.50. The molecular formula is C18H25N3O2S. The van der Waals surface area contributed by atoms with Gasteiger partial charge in [-0.15, -0.1) is 0 Å². The molecule has 0 saturated heterocycles. The minimum absolute atomic E-state index is 0.0428. The topological polar surface area (TPSA) is 64.0 Å². The van der Waals surface area contributed by atoms with Gasteiger partial charge in [-0.1, -0.05) is 18.2 Å². The molecular weight excluding hydrogens is 322 g/mol. The number of fused-ring (bicyclic) bond motifs is 1. The Balaban J connectivity index is 1.87. The molecule has 0 spiro atoms. The van der Waals surface area contributed by atoms with Crippen LogP contribution in [0.15, 0.2) is 18.2 Å². The predicted molar refractivity (Wildman–Crippen MR) is 96.5 cm³/mol. The van der Waals surface area contributed by atoms with Crippen molar-refractivity contribution in [1.29, 1.82) is 0 Å². The van der Waals surface area contributed by atoms with Crippen molar-refractivity contribution in [3.8, 4) is 11.1 Å². The molecule has 0 fully saturated rings. The van der Waals surface area contributed by atoms with E-state index in [0.717, 1.165) is 29.8 Å². The summed E-state index contributed by atoms with van der Waals surface area (Å²) in [5, 5.41) is 4.08. The lowest BCUT2D eigenvalue weighted by Crippen LogP contribution is -2.39. The van der Waals surface area contributed by atoms with Gasteiger partial charge < -0.3 is 0 Å². The number of aryl methyl sites for hydroxylation is 2. The fraction of sp³-hybridized carbons (Fsp3) is 0.500. The summed E-state index contributed by atoms with van der Waals surface area (Å²) in [5.74, 6) is 0. The van der Waals surface area contributed by atoms with Gasteiger partial charge in [-0.3, -0.25) is 4.68 Å². The molecule has 1 aromatic carbocycles. The van der Waals surface area contributed by atoms with Gasteiger partial charge in [0.2, 0.25) is 10.0 Å². The van der Waals surface area contributed by atoms with Gasteiger partial charge in [0, 0.05) is 24.3 Å². The first-order chi connectivity index (χ1) is 11.2. The lowest BCUT2D eigenvalue weighted by Gasteiger charge is -2.14. The van der Waals surface area contributed by atoms with Crippen molar-refractivity contribution in [2.75, 3.05) is 0 Å². The maximum absolute atomic E-state index is 12.1. The fourth-order valence-electron chi connectivity index (χ4n) is 3.42. The van der Waals surface area contributed by atoms with E-state index in [0.29, 0.717) is 0 Å². The Morgan fingerprint density at radius 3 is 2.46 bits per heavy atom. The van der Waals surface area contributed by atoms with Gasteiger partial charge in [-0.25, -0.2) is 13.1 Å². The number of rotatable bonds is 4. The Hall–Kier alpha value is -1.66. The Labute approximate surface area is 144 Å². The van der Waals surface area contributed by atoms with E-state index in [9.17, 15) is 8.42 Å². The molecule has 1 aliphatic rings. The highest BCUT2D eigenvalue weighted by molar-refractivity contribution is 7.90. The van der Waals surface area contributed by atoms with Crippen LogP contribution in [0.1, 0.15) is 36.4 Å². The van der Waals surface area contributed by atoms with Gasteiger partial charge in [-0.05, 0) is 57.2 Å². The first-order valence-electron chi connectivity index (χ1n) is 8.32. The van der Waals surface area contributed by atoms with E-state index in [4.69, 9.17) is 0 Å². The molecule has 1 heterocycles. The van der Waals surface area contributed by atoms with Gasteiger partial charge >= 0.3 is 0 Å². The van der Waals surface area contributed by atoms with E-state index in [1.807, 2.05) is 18.7 Å². The Morgan fingerprint density at radius 2 is 1.88 bits per heavy atom. The smallest absolute Gasteiger partial charge is 0.214 e. The first kappa shape index (κ1) is 17.2. The number of benzene rings is 1. The standard InChI is InChI=1S/C18H25N3O2S/c1-11(2)24(22,23)20-17-9-14-6-7-15(8-16(14)10-17)18-12(3)19-21(5)13(18)4/h6-8,11,17,20H,9-10H2,1-5H3. The molecule has 0 aliphatic heterocycles. The molecule has 24 heavy (non-hydrogen) atoms. The van der Waals surface area contributed by atoms with Crippen molar-refractivity contribution in [2.45, 2.75) is 51.8 Å². The summed E-state index contributed by atoms with van der Waals surface area (Å²) in [4.78, 5) is 0. The number of nitrogens with one attached hydrogen (secondary N) is 1. The molecule has 1 atom stereocenters. The van der Waals surface area contributed by atoms with Crippen molar-refractivity contribution >= 4 is 10.0 Å². The molecule has 0 amide bonds. The van der Waals surface area contributed by atoms with Gasteiger partial charge in [0.05, 0.1) is 10.9 Å². The third-order valence-electron chi connectivity index (χ3n) is 4.89. The van der Waals surface area contributed by atoms with Crippen molar-refractivity contribution in [2.24, 2.45) is 7.05 Å². The van der Waals surface area contributed by atoms with Gasteiger partial charge in [0.15, 0.2) is 0 Å². The second kappa shape index (κ2) is 6.01. The second-order valence-corrected chi connectivity index (χ2v) is 9.24. The summed E-state index contributed by atoms with van der Waals surface area (Å²) in [6.45, 7) is 7.50. The Morgan fingerprint density at radius 1 is 1.21 bits per heavy atom. The Kier molecular flexibility index (Phi) is 4.30. The number of hydrogen-bond acceptors (Lipinski definition) is 3. The summed E-state index contributed by atoms with van der Waals surface area (Å²) in [6, 6.07) is 6.39. The third-order valence-corrected chi connectivity index (χ3v) is 6.79. The second-order valence-electron chi connectivity index (χ2n) is 6.97. The van der Waals surface area contributed by atoms with Crippen LogP contribution in [0.3, 0.4) is 0 Å². The number of hydrogen-bond donors (Lipinski definition) is 1. The number of aromatic nitrogens is 2. The largest absolute Gasteiger partial charge is 0.272 e. The molecule has 1 N–H and O–H groups in total. The molecule has 1 aromatic heterocycles. The Bertz CT molecular complexity index is 882. The minimum atomic E-state index is -3.24. The fourth-order valence-corrected chi connectivity index (χ4v) is 4.32. The highest BCUT2D eigenvalue weighted by Crippen LogP contribution is 2.31. The van der Waals surface area contributed by atoms with Crippen LogP contribution in [-0.4, -0.2) is 29.5 Å². The zero-order chi connectivity index (χ0) is 17.6. The van der Waals surface area contributed by atoms with Crippen LogP contribution in [0.2, 0.25) is 0 Å². The number of sulfonamides is 1. The summed E-state index contributed by atoms with van der Waals surface area (Å²) in [5.41, 5.74) is 6.95. The van der Waals surface area contributed by atoms with Crippen LogP contribution in [0.4, 0.5) is 0 Å². The van der Waals surface area contributed by atoms with Crippen LogP contribution >= 0.6 is 0 Å². The van der Waals surface area contributed by atoms with Crippen LogP contribution in [0.5, 0.6) is 0 Å². The lowest BCUT2D eigenvalue weighted by atomic mass is 9.99. The molecule has 0 radical (unpaired) electrons. The van der Waals surface area contributed by atoms with Crippen molar-refractivity contribution in [3.63, 3.8) is 0 Å². The van der Waals surface area contributed by atoms with Gasteiger partial charge in [-0.2, -0.15) is 5.10 Å². The molecule has 130 valence electrons. The van der Waals surface area contributed by atoms with E-state index in [1.54, 1.807) is 13.8 Å². The summed E-state index contributed by atoms with van der Waals surface area (Å²) >= 11 is 0. The van der Waals surface area contributed by atoms with Gasteiger partial charge in [0.1, 0.15) is 0 Å². The molecule has 1 unspecified atom stereocenters. The third kappa shape index (κ3) is 3.00. The molecule has 3 rings (SSSR count). The normalized spacial score (nSPS) is 17.5. The SMILES string of the molecule is Cc1nn(C)c(C)c1-c1ccc2c(c1)CC(NS(=O)(=O)C(C)C)C2. The highest BCUT2D eigenvalue weighted by atomic mass is 32.2. The maximum atomic E-state index is 12.1. The van der Waals surface area contributed by atoms with Crippen LogP contribution in [-0.2, 0) is 29.9 Å². The zero-order valence-corrected chi connectivity index (χ0v) is 15.7. The molecule has 2 aromatic rings. The van der Waals surface area contributed by atoms with E-state index < -0.39 is 15.3 Å². The average molecular weight is 347 g/mol. The van der Waals surface area contributed by atoms with E-state index in [-0.39, 0.29) is 6.04 Å². The highest BCUT2D eigenvalue weighted by Gasteiger charge is 2.27. The van der Waals surface area contributed by atoms with Crippen molar-refractivity contribution in [3.05, 3.63) is 40.7 Å². The molecule has 1 aliphatic carbocycles.